The summed E-state index contributed by atoms with van der Waals surface area (Å²) >= 11 is 0. The number of alkyl halides is 3. The smallest absolute Gasteiger partial charge is 0.418 e. The number of hydrogen-bond donors (Lipinski definition) is 1. The van der Waals surface area contributed by atoms with Crippen LogP contribution in [-0.2, 0) is 6.18 Å². The molecule has 0 amide bonds. The molecule has 2 rings (SSSR count). The van der Waals surface area contributed by atoms with Gasteiger partial charge in [-0.3, -0.25) is 4.57 Å². The van der Waals surface area contributed by atoms with Crippen LogP contribution in [0.5, 0.6) is 0 Å². The van der Waals surface area contributed by atoms with Gasteiger partial charge in [0.15, 0.2) is 5.69 Å². The van der Waals surface area contributed by atoms with Gasteiger partial charge in [0.2, 0.25) is 0 Å². The molecule has 1 aromatic carbocycles. The second-order valence-electron chi connectivity index (χ2n) is 3.47. The molecule has 0 unspecified atom stereocenters. The van der Waals surface area contributed by atoms with E-state index in [1.807, 2.05) is 0 Å². The van der Waals surface area contributed by atoms with Crippen molar-refractivity contribution in [2.45, 2.75) is 6.18 Å². The molecule has 2 aromatic rings. The monoisotopic (exact) mass is 256 g/mol. The number of para-hydroxylation sites is 1. The molecule has 18 heavy (non-hydrogen) atoms. The van der Waals surface area contributed by atoms with E-state index in [1.54, 1.807) is 0 Å². The highest BCUT2D eigenvalue weighted by Crippen LogP contribution is 2.33. The SMILES string of the molecule is O=C(O)c1cncn1-c1ccccc1C(F)(F)F. The van der Waals surface area contributed by atoms with Crippen LogP contribution in [0.4, 0.5) is 13.2 Å². The van der Waals surface area contributed by atoms with Gasteiger partial charge in [-0.05, 0) is 12.1 Å². The van der Waals surface area contributed by atoms with E-state index in [0.29, 0.717) is 0 Å². The van der Waals surface area contributed by atoms with E-state index in [9.17, 15) is 18.0 Å². The van der Waals surface area contributed by atoms with E-state index in [4.69, 9.17) is 5.11 Å². The van der Waals surface area contributed by atoms with Crippen molar-refractivity contribution in [1.29, 1.82) is 0 Å². The first-order valence-corrected chi connectivity index (χ1v) is 4.83. The first kappa shape index (κ1) is 12.2. The fraction of sp³-hybridized carbons (Fsp3) is 0.0909. The van der Waals surface area contributed by atoms with Crippen LogP contribution in [0.2, 0.25) is 0 Å². The molecule has 0 saturated heterocycles. The second-order valence-corrected chi connectivity index (χ2v) is 3.47. The van der Waals surface area contributed by atoms with E-state index in [1.165, 1.54) is 18.2 Å². The number of benzene rings is 1. The standard InChI is InChI=1S/C11H7F3N2O2/c12-11(13,14)7-3-1-2-4-8(7)16-6-15-5-9(16)10(17)18/h1-6H,(H,17,18). The molecule has 1 N–H and O–H groups in total. The van der Waals surface area contributed by atoms with E-state index >= 15 is 0 Å². The fourth-order valence-electron chi connectivity index (χ4n) is 1.57. The van der Waals surface area contributed by atoms with Gasteiger partial charge in [-0.2, -0.15) is 13.2 Å². The maximum absolute atomic E-state index is 12.8. The summed E-state index contributed by atoms with van der Waals surface area (Å²) in [6, 6.07) is 4.72. The van der Waals surface area contributed by atoms with Crippen LogP contribution in [0.3, 0.4) is 0 Å². The van der Waals surface area contributed by atoms with Gasteiger partial charge in [-0.25, -0.2) is 9.78 Å². The lowest BCUT2D eigenvalue weighted by atomic mass is 10.1. The molecule has 1 aromatic heterocycles. The zero-order valence-corrected chi connectivity index (χ0v) is 8.85. The molecular formula is C11H7F3N2O2. The van der Waals surface area contributed by atoms with E-state index in [0.717, 1.165) is 23.2 Å². The van der Waals surface area contributed by atoms with Gasteiger partial charge in [-0.15, -0.1) is 0 Å². The van der Waals surface area contributed by atoms with E-state index < -0.39 is 17.7 Å². The molecule has 0 radical (unpaired) electrons. The Morgan fingerprint density at radius 2 is 1.94 bits per heavy atom. The number of nitrogens with zero attached hydrogens (tertiary/aromatic N) is 2. The Kier molecular flexibility index (Phi) is 2.82. The van der Waals surface area contributed by atoms with Gasteiger partial charge < -0.3 is 5.11 Å². The third kappa shape index (κ3) is 2.06. The summed E-state index contributed by atoms with van der Waals surface area (Å²) in [7, 11) is 0. The van der Waals surface area contributed by atoms with Crippen molar-refractivity contribution in [2.24, 2.45) is 0 Å². The summed E-state index contributed by atoms with van der Waals surface area (Å²) in [5.74, 6) is -1.34. The number of rotatable bonds is 2. The van der Waals surface area contributed by atoms with Crippen molar-refractivity contribution >= 4 is 5.97 Å². The summed E-state index contributed by atoms with van der Waals surface area (Å²) in [5, 5.41) is 8.87. The van der Waals surface area contributed by atoms with Crippen molar-refractivity contribution in [3.05, 3.63) is 48.0 Å². The van der Waals surface area contributed by atoms with Crippen LogP contribution < -0.4 is 0 Å². The molecule has 1 heterocycles. The molecular weight excluding hydrogens is 249 g/mol. The molecule has 0 atom stereocenters. The molecule has 7 heteroatoms. The minimum atomic E-state index is -4.56. The van der Waals surface area contributed by atoms with E-state index in [-0.39, 0.29) is 11.4 Å². The van der Waals surface area contributed by atoms with Crippen molar-refractivity contribution < 1.29 is 23.1 Å². The molecule has 0 aliphatic carbocycles. The lowest BCUT2D eigenvalue weighted by Crippen LogP contribution is -2.13. The molecule has 0 bridgehead atoms. The Balaban J connectivity index is 2.65. The predicted molar refractivity (Wildman–Crippen MR) is 55.5 cm³/mol. The maximum Gasteiger partial charge on any atom is 0.418 e. The van der Waals surface area contributed by atoms with Crippen LogP contribution in [0.25, 0.3) is 5.69 Å². The molecule has 0 fully saturated rings. The van der Waals surface area contributed by atoms with Crippen molar-refractivity contribution in [3.8, 4) is 5.69 Å². The summed E-state index contributed by atoms with van der Waals surface area (Å²) in [5.41, 5.74) is -1.50. The number of carbonyl (C=O) groups is 1. The highest BCUT2D eigenvalue weighted by Gasteiger charge is 2.34. The molecule has 0 saturated carbocycles. The Labute approximate surface area is 99.3 Å². The van der Waals surface area contributed by atoms with Gasteiger partial charge in [0, 0.05) is 0 Å². The lowest BCUT2D eigenvalue weighted by molar-refractivity contribution is -0.137. The van der Waals surface area contributed by atoms with Crippen LogP contribution in [0, 0.1) is 0 Å². The van der Waals surface area contributed by atoms with Gasteiger partial charge in [0.25, 0.3) is 0 Å². The Morgan fingerprint density at radius 1 is 1.28 bits per heavy atom. The van der Waals surface area contributed by atoms with Crippen LogP contribution in [0.15, 0.2) is 36.8 Å². The minimum Gasteiger partial charge on any atom is -0.477 e. The number of hydrogen-bond acceptors (Lipinski definition) is 2. The summed E-state index contributed by atoms with van der Waals surface area (Å²) < 4.78 is 39.3. The molecule has 94 valence electrons. The molecule has 4 nitrogen and oxygen atoms in total. The first-order chi connectivity index (χ1) is 8.41. The Hall–Kier alpha value is -2.31. The van der Waals surface area contributed by atoms with Gasteiger partial charge in [-0.1, -0.05) is 12.1 Å². The average molecular weight is 256 g/mol. The zero-order chi connectivity index (χ0) is 13.3. The lowest BCUT2D eigenvalue weighted by Gasteiger charge is -2.13. The highest BCUT2D eigenvalue weighted by molar-refractivity contribution is 5.86. The third-order valence-corrected chi connectivity index (χ3v) is 2.33. The Morgan fingerprint density at radius 3 is 2.56 bits per heavy atom. The van der Waals surface area contributed by atoms with Crippen molar-refractivity contribution in [3.63, 3.8) is 0 Å². The average Bonchev–Trinajstić information content (AvgIpc) is 2.76. The summed E-state index contributed by atoms with van der Waals surface area (Å²) in [4.78, 5) is 14.4. The summed E-state index contributed by atoms with van der Waals surface area (Å²) in [6.07, 6.45) is -2.53. The number of aromatic nitrogens is 2. The van der Waals surface area contributed by atoms with Gasteiger partial charge in [0.05, 0.1) is 23.8 Å². The number of imidazole rings is 1. The van der Waals surface area contributed by atoms with Gasteiger partial charge >= 0.3 is 12.1 Å². The third-order valence-electron chi connectivity index (χ3n) is 2.33. The normalized spacial score (nSPS) is 11.5. The summed E-state index contributed by atoms with van der Waals surface area (Å²) in [6.45, 7) is 0. The quantitative estimate of drug-likeness (QED) is 0.898. The van der Waals surface area contributed by atoms with Crippen molar-refractivity contribution in [1.82, 2.24) is 9.55 Å². The number of carboxylic acids is 1. The van der Waals surface area contributed by atoms with Crippen LogP contribution >= 0.6 is 0 Å². The van der Waals surface area contributed by atoms with E-state index in [2.05, 4.69) is 4.98 Å². The van der Waals surface area contributed by atoms with Crippen LogP contribution in [-0.4, -0.2) is 20.6 Å². The number of aromatic carboxylic acids is 1. The maximum atomic E-state index is 12.8. The largest absolute Gasteiger partial charge is 0.477 e. The highest BCUT2D eigenvalue weighted by atomic mass is 19.4. The molecule has 0 aliphatic heterocycles. The number of halogens is 3. The topological polar surface area (TPSA) is 55.1 Å². The predicted octanol–water partition coefficient (Wildman–Crippen LogP) is 2.59. The van der Waals surface area contributed by atoms with Crippen LogP contribution in [0.1, 0.15) is 16.1 Å². The fourth-order valence-corrected chi connectivity index (χ4v) is 1.57. The molecule has 0 spiro atoms. The second kappa shape index (κ2) is 4.17. The molecule has 0 aliphatic rings. The van der Waals surface area contributed by atoms with Gasteiger partial charge in [0.1, 0.15) is 0 Å². The number of carboxylic acid groups (broad SMARTS) is 1. The zero-order valence-electron chi connectivity index (χ0n) is 8.85. The first-order valence-electron chi connectivity index (χ1n) is 4.83. The van der Waals surface area contributed by atoms with Crippen molar-refractivity contribution in [2.75, 3.05) is 0 Å². The Bertz CT molecular complexity index is 590. The minimum absolute atomic E-state index is 0.264.